The third-order valence-corrected chi connectivity index (χ3v) is 5.06. The molecule has 1 atom stereocenters. The van der Waals surface area contributed by atoms with Crippen LogP contribution in [0.5, 0.6) is 0 Å². The molecule has 3 heterocycles. The zero-order chi connectivity index (χ0) is 17.9. The zero-order valence-corrected chi connectivity index (χ0v) is 14.9. The minimum Gasteiger partial charge on any atom is -0.338 e. The predicted molar refractivity (Wildman–Crippen MR) is 101 cm³/mol. The van der Waals surface area contributed by atoms with Crippen molar-refractivity contribution in [3.63, 3.8) is 0 Å². The second-order valence-electron chi connectivity index (χ2n) is 6.97. The van der Waals surface area contributed by atoms with E-state index in [1.807, 2.05) is 24.1 Å². The molecule has 1 aliphatic rings. The fraction of sp³-hybridized carbons (Fsp3) is 0.333. The number of carbonyl (C=O) groups is 1. The Morgan fingerprint density at radius 1 is 1.15 bits per heavy atom. The van der Waals surface area contributed by atoms with Gasteiger partial charge in [0.2, 0.25) is 0 Å². The van der Waals surface area contributed by atoms with Gasteiger partial charge in [-0.2, -0.15) is 0 Å². The van der Waals surface area contributed by atoms with Crippen molar-refractivity contribution in [1.29, 1.82) is 0 Å². The lowest BCUT2D eigenvalue weighted by Crippen LogP contribution is -2.40. The van der Waals surface area contributed by atoms with E-state index in [9.17, 15) is 4.79 Å². The summed E-state index contributed by atoms with van der Waals surface area (Å²) >= 11 is 0. The molecule has 1 amide bonds. The monoisotopic (exact) mass is 346 g/mol. The topological polar surface area (TPSA) is 59.0 Å². The molecular weight excluding hydrogens is 324 g/mol. The molecule has 0 spiro atoms. The van der Waals surface area contributed by atoms with Crippen molar-refractivity contribution in [1.82, 2.24) is 19.9 Å². The first-order valence-electron chi connectivity index (χ1n) is 9.11. The van der Waals surface area contributed by atoms with E-state index in [1.165, 1.54) is 10.9 Å². The largest absolute Gasteiger partial charge is 0.338 e. The number of rotatable bonds is 3. The van der Waals surface area contributed by atoms with Crippen LogP contribution in [-0.2, 0) is 6.42 Å². The summed E-state index contributed by atoms with van der Waals surface area (Å²) in [6.07, 6.45) is 8.22. The van der Waals surface area contributed by atoms with Gasteiger partial charge in [-0.25, -0.2) is 9.97 Å². The summed E-state index contributed by atoms with van der Waals surface area (Å²) in [6.45, 7) is 3.40. The number of hydrogen-bond acceptors (Lipinski definition) is 4. The molecule has 1 aromatic carbocycles. The Hall–Kier alpha value is -2.82. The summed E-state index contributed by atoms with van der Waals surface area (Å²) in [7, 11) is 0. The first kappa shape index (κ1) is 16.6. The van der Waals surface area contributed by atoms with Crippen LogP contribution in [0.2, 0.25) is 0 Å². The van der Waals surface area contributed by atoms with Crippen LogP contribution < -0.4 is 0 Å². The van der Waals surface area contributed by atoms with Crippen molar-refractivity contribution in [2.45, 2.75) is 26.2 Å². The zero-order valence-electron chi connectivity index (χ0n) is 14.9. The third kappa shape index (κ3) is 3.43. The van der Waals surface area contributed by atoms with E-state index >= 15 is 0 Å². The van der Waals surface area contributed by atoms with E-state index in [0.29, 0.717) is 17.3 Å². The van der Waals surface area contributed by atoms with Gasteiger partial charge in [0, 0.05) is 37.1 Å². The Kier molecular flexibility index (Phi) is 4.61. The van der Waals surface area contributed by atoms with Gasteiger partial charge < -0.3 is 4.90 Å². The van der Waals surface area contributed by atoms with Gasteiger partial charge in [0.25, 0.3) is 5.91 Å². The van der Waals surface area contributed by atoms with Crippen molar-refractivity contribution in [3.8, 4) is 0 Å². The molecule has 132 valence electrons. The van der Waals surface area contributed by atoms with Crippen LogP contribution in [0.3, 0.4) is 0 Å². The van der Waals surface area contributed by atoms with Crippen LogP contribution in [0.1, 0.15) is 34.6 Å². The fourth-order valence-electron chi connectivity index (χ4n) is 3.74. The number of aromatic nitrogens is 3. The first-order valence-corrected chi connectivity index (χ1v) is 9.11. The van der Waals surface area contributed by atoms with E-state index in [4.69, 9.17) is 0 Å². The van der Waals surface area contributed by atoms with Crippen LogP contribution in [0, 0.1) is 12.8 Å². The normalized spacial score (nSPS) is 17.4. The number of aryl methyl sites for hydroxylation is 1. The molecule has 5 nitrogen and oxygen atoms in total. The van der Waals surface area contributed by atoms with Gasteiger partial charge in [0.05, 0.1) is 11.1 Å². The van der Waals surface area contributed by atoms with Gasteiger partial charge in [-0.15, -0.1) is 0 Å². The molecule has 0 radical (unpaired) electrons. The Morgan fingerprint density at radius 3 is 2.81 bits per heavy atom. The number of hydrogen-bond donors (Lipinski definition) is 0. The average molecular weight is 346 g/mol. The van der Waals surface area contributed by atoms with Crippen molar-refractivity contribution >= 4 is 16.8 Å². The number of pyridine rings is 1. The van der Waals surface area contributed by atoms with Crippen LogP contribution in [0.15, 0.2) is 48.9 Å². The van der Waals surface area contributed by atoms with Gasteiger partial charge in [-0.3, -0.25) is 9.78 Å². The quantitative estimate of drug-likeness (QED) is 0.729. The number of benzene rings is 1. The minimum absolute atomic E-state index is 0.0331. The van der Waals surface area contributed by atoms with Crippen molar-refractivity contribution in [3.05, 3.63) is 65.9 Å². The highest BCUT2D eigenvalue weighted by atomic mass is 16.2. The van der Waals surface area contributed by atoms with Crippen LogP contribution >= 0.6 is 0 Å². The molecule has 0 saturated carbocycles. The van der Waals surface area contributed by atoms with Gasteiger partial charge in [-0.05, 0) is 43.7 Å². The third-order valence-electron chi connectivity index (χ3n) is 5.06. The molecule has 0 aliphatic carbocycles. The van der Waals surface area contributed by atoms with E-state index in [1.54, 1.807) is 12.4 Å². The summed E-state index contributed by atoms with van der Waals surface area (Å²) < 4.78 is 0. The summed E-state index contributed by atoms with van der Waals surface area (Å²) in [5.74, 6) is 1.17. The Labute approximate surface area is 153 Å². The summed E-state index contributed by atoms with van der Waals surface area (Å²) in [5.41, 5.74) is 2.91. The van der Waals surface area contributed by atoms with Crippen LogP contribution in [0.25, 0.3) is 10.9 Å². The van der Waals surface area contributed by atoms with Crippen molar-refractivity contribution in [2.24, 2.45) is 5.92 Å². The second kappa shape index (κ2) is 7.20. The summed E-state index contributed by atoms with van der Waals surface area (Å²) in [6, 6.07) is 10.4. The maximum Gasteiger partial charge on any atom is 0.256 e. The number of piperidine rings is 1. The number of amides is 1. The molecule has 1 aliphatic heterocycles. The lowest BCUT2D eigenvalue weighted by Gasteiger charge is -2.33. The van der Waals surface area contributed by atoms with Crippen LogP contribution in [-0.4, -0.2) is 38.8 Å². The first-order chi connectivity index (χ1) is 12.7. The number of carbonyl (C=O) groups excluding carboxylic acids is 1. The molecule has 4 rings (SSSR count). The molecule has 1 unspecified atom stereocenters. The van der Waals surface area contributed by atoms with E-state index in [0.717, 1.165) is 37.9 Å². The highest BCUT2D eigenvalue weighted by Gasteiger charge is 2.25. The van der Waals surface area contributed by atoms with E-state index in [-0.39, 0.29) is 5.91 Å². The Bertz CT molecular complexity index is 917. The Morgan fingerprint density at radius 2 is 1.96 bits per heavy atom. The molecule has 2 aromatic heterocycles. The van der Waals surface area contributed by atoms with Gasteiger partial charge in [0.1, 0.15) is 5.82 Å². The average Bonchev–Trinajstić information content (AvgIpc) is 2.69. The smallest absolute Gasteiger partial charge is 0.256 e. The van der Waals surface area contributed by atoms with Gasteiger partial charge in [0.15, 0.2) is 0 Å². The standard InChI is InChI=1S/C21H22N4O/c1-15-23-12-19(13-24-15)21(26)25-10-4-5-16(14-25)11-18-7-2-6-17-8-3-9-22-20(17)18/h2-3,6-9,12-13,16H,4-5,10-11,14H2,1H3. The highest BCUT2D eigenvalue weighted by molar-refractivity contribution is 5.93. The lowest BCUT2D eigenvalue weighted by molar-refractivity contribution is 0.0672. The van der Waals surface area contributed by atoms with Gasteiger partial charge >= 0.3 is 0 Å². The lowest BCUT2D eigenvalue weighted by atomic mass is 9.90. The van der Waals surface area contributed by atoms with E-state index < -0.39 is 0 Å². The summed E-state index contributed by atoms with van der Waals surface area (Å²) in [4.78, 5) is 27.6. The highest BCUT2D eigenvalue weighted by Crippen LogP contribution is 2.25. The Balaban J connectivity index is 1.50. The number of nitrogens with zero attached hydrogens (tertiary/aromatic N) is 4. The summed E-state index contributed by atoms with van der Waals surface area (Å²) in [5, 5.41) is 1.17. The molecule has 0 bridgehead atoms. The van der Waals surface area contributed by atoms with E-state index in [2.05, 4.69) is 39.2 Å². The second-order valence-corrected chi connectivity index (χ2v) is 6.97. The number of likely N-dealkylation sites (tertiary alicyclic amines) is 1. The number of para-hydroxylation sites is 1. The maximum atomic E-state index is 12.8. The number of fused-ring (bicyclic) bond motifs is 1. The maximum absolute atomic E-state index is 12.8. The van der Waals surface area contributed by atoms with Crippen LogP contribution in [0.4, 0.5) is 0 Å². The van der Waals surface area contributed by atoms with Gasteiger partial charge in [-0.1, -0.05) is 24.3 Å². The molecule has 26 heavy (non-hydrogen) atoms. The minimum atomic E-state index is 0.0331. The fourth-order valence-corrected chi connectivity index (χ4v) is 3.74. The van der Waals surface area contributed by atoms with Crippen molar-refractivity contribution < 1.29 is 4.79 Å². The molecule has 1 saturated heterocycles. The molecule has 0 N–H and O–H groups in total. The molecular formula is C21H22N4O. The molecule has 5 heteroatoms. The van der Waals surface area contributed by atoms with Crippen molar-refractivity contribution in [2.75, 3.05) is 13.1 Å². The predicted octanol–water partition coefficient (Wildman–Crippen LogP) is 3.43. The molecule has 3 aromatic rings. The SMILES string of the molecule is Cc1ncc(C(=O)N2CCCC(Cc3cccc4cccnc34)C2)cn1. The molecule has 1 fully saturated rings.